The second-order valence-electron chi connectivity index (χ2n) is 7.70. The van der Waals surface area contributed by atoms with E-state index in [9.17, 15) is 24.2 Å². The highest BCUT2D eigenvalue weighted by Gasteiger charge is 2.24. The minimum atomic E-state index is -1.18. The van der Waals surface area contributed by atoms with Crippen molar-refractivity contribution in [2.75, 3.05) is 11.9 Å². The van der Waals surface area contributed by atoms with Gasteiger partial charge in [-0.25, -0.2) is 4.79 Å². The molecular weight excluding hydrogens is 476 g/mol. The van der Waals surface area contributed by atoms with Gasteiger partial charge in [0.05, 0.1) is 0 Å². The zero-order chi connectivity index (χ0) is 24.7. The number of halogens is 3. The second kappa shape index (κ2) is 11.9. The summed E-state index contributed by atoms with van der Waals surface area (Å²) >= 11 is 12.4. The van der Waals surface area contributed by atoms with E-state index in [-0.39, 0.29) is 46.3 Å². The first kappa shape index (κ1) is 26.5. The molecule has 180 valence electrons. The van der Waals surface area contributed by atoms with Crippen LogP contribution < -0.4 is 15.4 Å². The molecule has 0 saturated carbocycles. The Morgan fingerprint density at radius 2 is 1.91 bits per heavy atom. The van der Waals surface area contributed by atoms with Crippen LogP contribution in [0.4, 0.5) is 10.2 Å². The third kappa shape index (κ3) is 7.36. The van der Waals surface area contributed by atoms with E-state index in [1.54, 1.807) is 6.07 Å². The molecule has 0 spiro atoms. The Morgan fingerprint density at radius 3 is 2.52 bits per heavy atom. The molecule has 1 aromatic heterocycles. The van der Waals surface area contributed by atoms with Gasteiger partial charge in [-0.1, -0.05) is 37.0 Å². The van der Waals surface area contributed by atoms with Crippen molar-refractivity contribution in [3.63, 3.8) is 0 Å². The molecule has 1 amide bonds. The molecule has 11 heteroatoms. The monoisotopic (exact) mass is 501 g/mol. The number of anilines is 1. The number of nitrogens with zero attached hydrogens (tertiary/aromatic N) is 1. The van der Waals surface area contributed by atoms with E-state index >= 15 is 0 Å². The van der Waals surface area contributed by atoms with E-state index in [2.05, 4.69) is 15.6 Å². The quantitative estimate of drug-likeness (QED) is 0.242. The number of amides is 1. The Balaban J connectivity index is 2.24. The first-order valence-electron chi connectivity index (χ1n) is 10.3. The summed E-state index contributed by atoms with van der Waals surface area (Å²) in [6.45, 7) is 5.58. The average Bonchev–Trinajstić information content (AvgIpc) is 2.74. The first-order chi connectivity index (χ1) is 15.5. The van der Waals surface area contributed by atoms with Crippen LogP contribution in [0.25, 0.3) is 0 Å². The molecule has 0 aliphatic carbocycles. The van der Waals surface area contributed by atoms with Crippen LogP contribution in [-0.2, 0) is 9.59 Å². The molecular formula is C22H26Cl2FN3O5. The molecule has 33 heavy (non-hydrogen) atoms. The van der Waals surface area contributed by atoms with Gasteiger partial charge in [0, 0.05) is 19.0 Å². The fourth-order valence-electron chi connectivity index (χ4n) is 3.02. The molecule has 0 saturated heterocycles. The zero-order valence-corrected chi connectivity index (χ0v) is 19.9. The highest BCUT2D eigenvalue weighted by atomic mass is 35.5. The lowest BCUT2D eigenvalue weighted by Crippen LogP contribution is -2.30. The van der Waals surface area contributed by atoms with E-state index in [4.69, 9.17) is 27.9 Å². The summed E-state index contributed by atoms with van der Waals surface area (Å²) in [5.74, 6) is -2.56. The fraction of sp³-hybridized carbons (Fsp3) is 0.409. The van der Waals surface area contributed by atoms with Crippen LogP contribution in [0.5, 0.6) is 17.2 Å². The van der Waals surface area contributed by atoms with Gasteiger partial charge in [-0.2, -0.15) is 9.37 Å². The smallest absolute Gasteiger partial charge is 0.326 e. The minimum Gasteiger partial charge on any atom is -0.508 e. The summed E-state index contributed by atoms with van der Waals surface area (Å²) in [6.07, 6.45) is 1.23. The van der Waals surface area contributed by atoms with Crippen LogP contribution >= 0.6 is 23.2 Å². The van der Waals surface area contributed by atoms with Crippen LogP contribution in [0.3, 0.4) is 0 Å². The summed E-state index contributed by atoms with van der Waals surface area (Å²) in [5.41, 5.74) is 0.609. The topological polar surface area (TPSA) is 121 Å². The van der Waals surface area contributed by atoms with Crippen molar-refractivity contribution in [2.45, 2.75) is 52.0 Å². The number of ether oxygens (including phenoxy) is 1. The molecule has 1 atom stereocenters. The number of aliphatic carboxylic acids is 1. The molecule has 1 heterocycles. The average molecular weight is 502 g/mol. The molecule has 0 radical (unpaired) electrons. The van der Waals surface area contributed by atoms with Crippen molar-refractivity contribution < 1.29 is 28.9 Å². The molecule has 1 aromatic carbocycles. The lowest BCUT2D eigenvalue weighted by atomic mass is 10.0. The van der Waals surface area contributed by atoms with Crippen molar-refractivity contribution in [3.05, 3.63) is 39.8 Å². The largest absolute Gasteiger partial charge is 0.508 e. The van der Waals surface area contributed by atoms with Crippen molar-refractivity contribution in [1.29, 1.82) is 0 Å². The molecule has 2 rings (SSSR count). The lowest BCUT2D eigenvalue weighted by Gasteiger charge is -2.19. The summed E-state index contributed by atoms with van der Waals surface area (Å²) in [6, 6.07) is 3.37. The van der Waals surface area contributed by atoms with E-state index in [0.717, 1.165) is 0 Å². The minimum absolute atomic E-state index is 0.00660. The molecule has 1 unspecified atom stereocenters. The highest BCUT2D eigenvalue weighted by Crippen LogP contribution is 2.42. The summed E-state index contributed by atoms with van der Waals surface area (Å²) in [4.78, 5) is 26.2. The molecule has 0 bridgehead atoms. The number of rotatable bonds is 11. The van der Waals surface area contributed by atoms with Crippen molar-refractivity contribution in [1.82, 2.24) is 10.3 Å². The number of benzene rings is 1. The first-order valence-corrected chi connectivity index (χ1v) is 11.1. The van der Waals surface area contributed by atoms with Gasteiger partial charge >= 0.3 is 5.97 Å². The second-order valence-corrected chi connectivity index (χ2v) is 8.46. The summed E-state index contributed by atoms with van der Waals surface area (Å²) in [7, 11) is 0. The molecule has 8 nitrogen and oxygen atoms in total. The van der Waals surface area contributed by atoms with Crippen molar-refractivity contribution in [2.24, 2.45) is 0 Å². The van der Waals surface area contributed by atoms with Crippen LogP contribution in [0.2, 0.25) is 10.0 Å². The molecule has 2 aromatic rings. The van der Waals surface area contributed by atoms with Gasteiger partial charge in [-0.15, -0.1) is 0 Å². The normalized spacial score (nSPS) is 11.8. The highest BCUT2D eigenvalue weighted by molar-refractivity contribution is 6.38. The van der Waals surface area contributed by atoms with Gasteiger partial charge in [0.1, 0.15) is 27.6 Å². The van der Waals surface area contributed by atoms with E-state index < -0.39 is 23.0 Å². The van der Waals surface area contributed by atoms with Gasteiger partial charge in [-0.05, 0) is 43.4 Å². The third-order valence-electron chi connectivity index (χ3n) is 4.74. The predicted molar refractivity (Wildman–Crippen MR) is 124 cm³/mol. The van der Waals surface area contributed by atoms with Gasteiger partial charge in [0.25, 0.3) is 0 Å². The summed E-state index contributed by atoms with van der Waals surface area (Å²) in [5, 5.41) is 24.1. The van der Waals surface area contributed by atoms with Crippen LogP contribution in [0, 0.1) is 5.95 Å². The number of carboxylic acid groups (broad SMARTS) is 1. The van der Waals surface area contributed by atoms with Gasteiger partial charge in [0.15, 0.2) is 11.6 Å². The maximum atomic E-state index is 14.4. The van der Waals surface area contributed by atoms with E-state index in [1.807, 2.05) is 13.8 Å². The maximum absolute atomic E-state index is 14.4. The number of phenolic OH excluding ortho intramolecular Hbond substituents is 1. The number of carbonyl (C=O) groups is 2. The van der Waals surface area contributed by atoms with Crippen molar-refractivity contribution in [3.8, 4) is 17.2 Å². The number of pyridine rings is 1. The van der Waals surface area contributed by atoms with Gasteiger partial charge in [-0.3, -0.25) is 4.79 Å². The maximum Gasteiger partial charge on any atom is 0.326 e. The Kier molecular flexibility index (Phi) is 9.55. The number of aromatic nitrogens is 1. The Hall–Kier alpha value is -2.78. The number of carboxylic acids is 1. The lowest BCUT2D eigenvalue weighted by molar-refractivity contribution is -0.138. The van der Waals surface area contributed by atoms with Crippen LogP contribution in [0.15, 0.2) is 18.2 Å². The molecule has 4 N–H and O–H groups in total. The van der Waals surface area contributed by atoms with Crippen LogP contribution in [0.1, 0.15) is 51.5 Å². The Bertz CT molecular complexity index is 1020. The third-order valence-corrected chi connectivity index (χ3v) is 5.42. The van der Waals surface area contributed by atoms with Crippen LogP contribution in [-0.4, -0.2) is 39.7 Å². The van der Waals surface area contributed by atoms with Crippen molar-refractivity contribution >= 4 is 40.9 Å². The Morgan fingerprint density at radius 1 is 1.21 bits per heavy atom. The van der Waals surface area contributed by atoms with Gasteiger partial charge < -0.3 is 25.6 Å². The number of phenols is 1. The number of hydrogen-bond acceptors (Lipinski definition) is 6. The number of unbranched alkanes of at least 4 members (excludes halogenated alkanes) is 1. The predicted octanol–water partition coefficient (Wildman–Crippen LogP) is 5.32. The SMILES string of the molecule is CC(=O)NCCCCC(Nc1nc(F)c(Cl)c(Oc2ccc(O)c(C(C)C)c2)c1Cl)C(=O)O. The Labute approximate surface area is 201 Å². The standard InChI is InChI=1S/C22H26Cl2FN3O5/c1-11(2)14-10-13(7-8-16(14)30)33-19-17(23)20(25)28-21(18(19)24)27-15(22(31)32)6-4-5-9-26-12(3)29/h7-8,10-11,15,30H,4-6,9H2,1-3H3,(H,26,29)(H,27,28)(H,31,32). The number of aromatic hydroxyl groups is 1. The number of nitrogens with one attached hydrogen (secondary N) is 2. The number of hydrogen-bond donors (Lipinski definition) is 4. The molecule has 0 fully saturated rings. The number of carbonyl (C=O) groups excluding carboxylic acids is 1. The fourth-order valence-corrected chi connectivity index (χ4v) is 3.47. The molecule has 0 aliphatic rings. The van der Waals surface area contributed by atoms with Gasteiger partial charge in [0.2, 0.25) is 11.9 Å². The summed E-state index contributed by atoms with van der Waals surface area (Å²) < 4.78 is 20.1. The van der Waals surface area contributed by atoms with E-state index in [1.165, 1.54) is 19.1 Å². The zero-order valence-electron chi connectivity index (χ0n) is 18.4. The van der Waals surface area contributed by atoms with E-state index in [0.29, 0.717) is 24.9 Å². The molecule has 0 aliphatic heterocycles.